The Kier molecular flexibility index (Phi) is 5.12. The van der Waals surface area contributed by atoms with Crippen LogP contribution in [-0.4, -0.2) is 52.7 Å². The van der Waals surface area contributed by atoms with Gasteiger partial charge in [0.25, 0.3) is 5.56 Å². The van der Waals surface area contributed by atoms with Crippen LogP contribution in [0.25, 0.3) is 0 Å². The standard InChI is InChI=1S/C24H28N4O4/c1-16-17(3-4-18-19(16)14-32-23(18)31)7-10-27-11-8-24(9-12-27)13-22(30)28(15-24)20-5-6-21(29)26(2)25-20/h3-6H,7-15H2,1-2H3. The molecular formula is C24H28N4O4. The predicted molar refractivity (Wildman–Crippen MR) is 119 cm³/mol. The molecule has 1 spiro atoms. The second-order valence-corrected chi connectivity index (χ2v) is 9.35. The highest BCUT2D eigenvalue weighted by molar-refractivity contribution is 5.95. The Labute approximate surface area is 186 Å². The summed E-state index contributed by atoms with van der Waals surface area (Å²) in [6.07, 6.45) is 3.44. The van der Waals surface area contributed by atoms with Crippen LogP contribution in [0.15, 0.2) is 29.1 Å². The topological polar surface area (TPSA) is 84.7 Å². The maximum absolute atomic E-state index is 12.7. The lowest BCUT2D eigenvalue weighted by Crippen LogP contribution is -2.42. The van der Waals surface area contributed by atoms with Gasteiger partial charge in [0.2, 0.25) is 5.91 Å². The molecule has 0 N–H and O–H groups in total. The number of piperidine rings is 1. The largest absolute Gasteiger partial charge is 0.457 e. The first-order chi connectivity index (χ1) is 15.3. The molecule has 2 fully saturated rings. The molecule has 8 nitrogen and oxygen atoms in total. The molecule has 32 heavy (non-hydrogen) atoms. The van der Waals surface area contributed by atoms with E-state index in [1.165, 1.54) is 21.9 Å². The third-order valence-electron chi connectivity index (χ3n) is 7.44. The zero-order valence-electron chi connectivity index (χ0n) is 18.6. The normalized spacial score (nSPS) is 20.1. The van der Waals surface area contributed by atoms with Gasteiger partial charge in [-0.15, -0.1) is 0 Å². The lowest BCUT2D eigenvalue weighted by Gasteiger charge is -2.38. The van der Waals surface area contributed by atoms with E-state index < -0.39 is 0 Å². The summed E-state index contributed by atoms with van der Waals surface area (Å²) in [6, 6.07) is 7.06. The monoisotopic (exact) mass is 436 g/mol. The molecule has 0 aliphatic carbocycles. The van der Waals surface area contributed by atoms with Crippen LogP contribution in [0.2, 0.25) is 0 Å². The maximum atomic E-state index is 12.7. The first-order valence-corrected chi connectivity index (χ1v) is 11.2. The number of hydrogen-bond acceptors (Lipinski definition) is 6. The summed E-state index contributed by atoms with van der Waals surface area (Å²) in [4.78, 5) is 40.3. The summed E-state index contributed by atoms with van der Waals surface area (Å²) in [7, 11) is 1.61. The minimum absolute atomic E-state index is 0.00877. The molecule has 8 heteroatoms. The summed E-state index contributed by atoms with van der Waals surface area (Å²) in [5.41, 5.74) is 3.98. The number of benzene rings is 1. The highest BCUT2D eigenvalue weighted by atomic mass is 16.5. The number of amides is 1. The molecule has 3 aliphatic rings. The molecule has 3 aliphatic heterocycles. The predicted octanol–water partition coefficient (Wildman–Crippen LogP) is 1.82. The van der Waals surface area contributed by atoms with Crippen LogP contribution >= 0.6 is 0 Å². The molecule has 0 saturated carbocycles. The summed E-state index contributed by atoms with van der Waals surface area (Å²) in [6.45, 7) is 6.02. The van der Waals surface area contributed by atoms with Crippen molar-refractivity contribution in [2.75, 3.05) is 31.1 Å². The van der Waals surface area contributed by atoms with Crippen molar-refractivity contribution in [2.45, 2.75) is 39.2 Å². The Hall–Kier alpha value is -3.00. The van der Waals surface area contributed by atoms with Gasteiger partial charge in [0.05, 0.1) is 5.56 Å². The van der Waals surface area contributed by atoms with E-state index in [9.17, 15) is 14.4 Å². The van der Waals surface area contributed by atoms with Crippen molar-refractivity contribution in [3.63, 3.8) is 0 Å². The van der Waals surface area contributed by atoms with Crippen LogP contribution in [0, 0.1) is 12.3 Å². The zero-order chi connectivity index (χ0) is 22.5. The van der Waals surface area contributed by atoms with Gasteiger partial charge in [-0.2, -0.15) is 5.10 Å². The van der Waals surface area contributed by atoms with Crippen LogP contribution < -0.4 is 10.5 Å². The van der Waals surface area contributed by atoms with Gasteiger partial charge in [-0.1, -0.05) is 6.07 Å². The van der Waals surface area contributed by atoms with E-state index in [4.69, 9.17) is 4.74 Å². The SMILES string of the molecule is Cc1c(CCN2CCC3(CC2)CC(=O)N(c2ccc(=O)n(C)n2)C3)ccc2c1COC2=O. The number of esters is 1. The molecule has 168 valence electrons. The Bertz CT molecular complexity index is 1150. The number of ether oxygens (including phenoxy) is 1. The Morgan fingerprint density at radius 3 is 2.62 bits per heavy atom. The minimum atomic E-state index is -0.218. The van der Waals surface area contributed by atoms with Crippen LogP contribution in [0.3, 0.4) is 0 Å². The molecule has 0 radical (unpaired) electrons. The third kappa shape index (κ3) is 3.62. The van der Waals surface area contributed by atoms with E-state index in [0.29, 0.717) is 31.0 Å². The Morgan fingerprint density at radius 1 is 1.09 bits per heavy atom. The second kappa shape index (κ2) is 7.85. The van der Waals surface area contributed by atoms with E-state index in [0.717, 1.165) is 44.5 Å². The average molecular weight is 437 g/mol. The highest BCUT2D eigenvalue weighted by Gasteiger charge is 2.45. The number of hydrogen-bond donors (Lipinski definition) is 0. The van der Waals surface area contributed by atoms with Crippen molar-refractivity contribution in [3.8, 4) is 0 Å². The number of cyclic esters (lactones) is 1. The first kappa shape index (κ1) is 20.9. The summed E-state index contributed by atoms with van der Waals surface area (Å²) >= 11 is 0. The van der Waals surface area contributed by atoms with Crippen molar-refractivity contribution >= 4 is 17.7 Å². The first-order valence-electron chi connectivity index (χ1n) is 11.2. The number of nitrogens with zero attached hydrogens (tertiary/aromatic N) is 4. The van der Waals surface area contributed by atoms with Crippen molar-refractivity contribution in [1.29, 1.82) is 0 Å². The van der Waals surface area contributed by atoms with Crippen molar-refractivity contribution in [3.05, 3.63) is 56.9 Å². The number of carbonyl (C=O) groups excluding carboxylic acids is 2. The molecule has 5 rings (SSSR count). The number of aryl methyl sites for hydroxylation is 1. The van der Waals surface area contributed by atoms with E-state index in [-0.39, 0.29) is 22.9 Å². The van der Waals surface area contributed by atoms with Crippen molar-refractivity contribution < 1.29 is 14.3 Å². The third-order valence-corrected chi connectivity index (χ3v) is 7.44. The van der Waals surface area contributed by atoms with Gasteiger partial charge < -0.3 is 9.64 Å². The minimum Gasteiger partial charge on any atom is -0.457 e. The molecule has 1 amide bonds. The smallest absolute Gasteiger partial charge is 0.338 e. The average Bonchev–Trinajstić information content (AvgIpc) is 3.31. The van der Waals surface area contributed by atoms with Crippen LogP contribution in [0.4, 0.5) is 5.82 Å². The fraction of sp³-hybridized carbons (Fsp3) is 0.500. The fourth-order valence-corrected chi connectivity index (χ4v) is 5.27. The maximum Gasteiger partial charge on any atom is 0.338 e. The van der Waals surface area contributed by atoms with Gasteiger partial charge >= 0.3 is 5.97 Å². The molecule has 2 saturated heterocycles. The number of carbonyl (C=O) groups is 2. The van der Waals surface area contributed by atoms with Crippen LogP contribution in [0.5, 0.6) is 0 Å². The molecule has 0 bridgehead atoms. The number of likely N-dealkylation sites (tertiary alicyclic amines) is 1. The van der Waals surface area contributed by atoms with Crippen molar-refractivity contribution in [1.82, 2.24) is 14.7 Å². The Balaban J connectivity index is 1.19. The molecular weight excluding hydrogens is 408 g/mol. The van der Waals surface area contributed by atoms with Gasteiger partial charge in [-0.05, 0) is 68.0 Å². The molecule has 0 unspecified atom stereocenters. The Morgan fingerprint density at radius 2 is 1.88 bits per heavy atom. The molecule has 0 atom stereocenters. The lowest BCUT2D eigenvalue weighted by molar-refractivity contribution is -0.118. The summed E-state index contributed by atoms with van der Waals surface area (Å²) in [5, 5.41) is 4.27. The molecule has 2 aromatic rings. The zero-order valence-corrected chi connectivity index (χ0v) is 18.6. The lowest BCUT2D eigenvalue weighted by atomic mass is 9.77. The van der Waals surface area contributed by atoms with Crippen LogP contribution in [-0.2, 0) is 29.6 Å². The quantitative estimate of drug-likeness (QED) is 0.680. The van der Waals surface area contributed by atoms with E-state index in [2.05, 4.69) is 23.0 Å². The van der Waals surface area contributed by atoms with E-state index >= 15 is 0 Å². The second-order valence-electron chi connectivity index (χ2n) is 9.35. The number of fused-ring (bicyclic) bond motifs is 1. The molecule has 1 aromatic heterocycles. The number of aromatic nitrogens is 2. The van der Waals surface area contributed by atoms with Gasteiger partial charge in [0.1, 0.15) is 6.61 Å². The number of rotatable bonds is 4. The van der Waals surface area contributed by atoms with Crippen molar-refractivity contribution in [2.24, 2.45) is 12.5 Å². The van der Waals surface area contributed by atoms with E-state index in [1.54, 1.807) is 18.0 Å². The van der Waals surface area contributed by atoms with Gasteiger partial charge in [0.15, 0.2) is 5.82 Å². The highest BCUT2D eigenvalue weighted by Crippen LogP contribution is 2.42. The van der Waals surface area contributed by atoms with Gasteiger partial charge in [-0.3, -0.25) is 14.5 Å². The summed E-state index contributed by atoms with van der Waals surface area (Å²) in [5.74, 6) is 0.435. The summed E-state index contributed by atoms with van der Waals surface area (Å²) < 4.78 is 6.44. The molecule has 4 heterocycles. The number of anilines is 1. The van der Waals surface area contributed by atoms with Crippen LogP contribution in [0.1, 0.15) is 46.3 Å². The van der Waals surface area contributed by atoms with Gasteiger partial charge in [-0.25, -0.2) is 9.48 Å². The van der Waals surface area contributed by atoms with Gasteiger partial charge in [0, 0.05) is 38.2 Å². The van der Waals surface area contributed by atoms with E-state index in [1.807, 2.05) is 6.07 Å². The molecule has 1 aromatic carbocycles. The fourth-order valence-electron chi connectivity index (χ4n) is 5.27.